The smallest absolute Gasteiger partial charge is 0.240 e. The Kier molecular flexibility index (Phi) is 5.14. The van der Waals surface area contributed by atoms with Gasteiger partial charge in [0.25, 0.3) is 0 Å². The van der Waals surface area contributed by atoms with E-state index in [1.54, 1.807) is 11.9 Å². The molecule has 1 atom stereocenters. The maximum absolute atomic E-state index is 12.2. The van der Waals surface area contributed by atoms with Crippen molar-refractivity contribution >= 4 is 17.7 Å². The molecule has 0 unspecified atom stereocenters. The van der Waals surface area contributed by atoms with Crippen LogP contribution in [0, 0.1) is 5.92 Å². The average Bonchev–Trinajstić information content (AvgIpc) is 2.66. The Morgan fingerprint density at radius 3 is 2.45 bits per heavy atom. The van der Waals surface area contributed by atoms with Gasteiger partial charge in [-0.05, 0) is 27.7 Å². The zero-order valence-corrected chi connectivity index (χ0v) is 13.0. The van der Waals surface area contributed by atoms with Gasteiger partial charge in [-0.15, -0.1) is 0 Å². The minimum absolute atomic E-state index is 0.0124. The van der Waals surface area contributed by atoms with E-state index in [1.807, 2.05) is 27.7 Å². The molecule has 6 heteroatoms. The highest BCUT2D eigenvalue weighted by molar-refractivity contribution is 5.91. The van der Waals surface area contributed by atoms with Crippen LogP contribution in [-0.4, -0.2) is 59.7 Å². The summed E-state index contributed by atoms with van der Waals surface area (Å²) in [5.74, 6) is -0.642. The van der Waals surface area contributed by atoms with Crippen LogP contribution in [0.1, 0.15) is 34.1 Å². The molecule has 0 aromatic rings. The van der Waals surface area contributed by atoms with Gasteiger partial charge >= 0.3 is 0 Å². The first-order valence-electron chi connectivity index (χ1n) is 6.97. The van der Waals surface area contributed by atoms with Crippen molar-refractivity contribution in [1.29, 1.82) is 0 Å². The molecule has 0 aromatic heterocycles. The summed E-state index contributed by atoms with van der Waals surface area (Å²) in [5, 5.41) is 2.81. The number of rotatable bonds is 4. The summed E-state index contributed by atoms with van der Waals surface area (Å²) in [6, 6.07) is 0. The van der Waals surface area contributed by atoms with Crippen molar-refractivity contribution in [2.75, 3.05) is 26.7 Å². The molecule has 1 rings (SSSR count). The molecule has 1 N–H and O–H groups in total. The third-order valence-corrected chi connectivity index (χ3v) is 3.22. The first kappa shape index (κ1) is 16.5. The first-order chi connectivity index (χ1) is 9.14. The topological polar surface area (TPSA) is 69.7 Å². The number of likely N-dealkylation sites (tertiary alicyclic amines) is 1. The molecular weight excluding hydrogens is 258 g/mol. The van der Waals surface area contributed by atoms with Crippen molar-refractivity contribution in [3.05, 3.63) is 0 Å². The fraction of sp³-hybridized carbons (Fsp3) is 0.786. The van der Waals surface area contributed by atoms with E-state index in [-0.39, 0.29) is 42.1 Å². The van der Waals surface area contributed by atoms with Gasteiger partial charge < -0.3 is 15.1 Å². The highest BCUT2D eigenvalue weighted by Crippen LogP contribution is 2.19. The number of amides is 3. The van der Waals surface area contributed by atoms with E-state index in [9.17, 15) is 14.4 Å². The summed E-state index contributed by atoms with van der Waals surface area (Å²) in [4.78, 5) is 38.7. The maximum atomic E-state index is 12.2. The van der Waals surface area contributed by atoms with Gasteiger partial charge in [0, 0.05) is 32.1 Å². The normalized spacial score (nSPS) is 19.1. The second-order valence-electron chi connectivity index (χ2n) is 6.33. The van der Waals surface area contributed by atoms with E-state index in [0.29, 0.717) is 13.1 Å². The third-order valence-electron chi connectivity index (χ3n) is 3.22. The molecule has 0 bridgehead atoms. The monoisotopic (exact) mass is 283 g/mol. The fourth-order valence-electron chi connectivity index (χ4n) is 2.31. The number of carbonyl (C=O) groups excluding carboxylic acids is 3. The van der Waals surface area contributed by atoms with Crippen LogP contribution >= 0.6 is 0 Å². The van der Waals surface area contributed by atoms with E-state index in [2.05, 4.69) is 5.32 Å². The number of hydrogen-bond acceptors (Lipinski definition) is 3. The molecule has 0 radical (unpaired) electrons. The zero-order valence-electron chi connectivity index (χ0n) is 13.0. The average molecular weight is 283 g/mol. The number of likely N-dealkylation sites (N-methyl/N-ethyl adjacent to an activating group) is 1. The lowest BCUT2D eigenvalue weighted by Gasteiger charge is -2.24. The fourth-order valence-corrected chi connectivity index (χ4v) is 2.31. The van der Waals surface area contributed by atoms with Crippen LogP contribution in [0.3, 0.4) is 0 Å². The van der Waals surface area contributed by atoms with Gasteiger partial charge in [0.15, 0.2) is 0 Å². The van der Waals surface area contributed by atoms with Gasteiger partial charge in [-0.3, -0.25) is 14.4 Å². The summed E-state index contributed by atoms with van der Waals surface area (Å²) in [6.45, 7) is 8.67. The molecule has 1 aliphatic heterocycles. The molecule has 0 aliphatic carbocycles. The van der Waals surface area contributed by atoms with Gasteiger partial charge in [0.05, 0.1) is 12.5 Å². The number of nitrogens with one attached hydrogen (secondary N) is 1. The second kappa shape index (κ2) is 6.24. The molecular formula is C14H25N3O3. The molecule has 0 spiro atoms. The lowest BCUT2D eigenvalue weighted by atomic mass is 10.1. The van der Waals surface area contributed by atoms with Gasteiger partial charge in [-0.1, -0.05) is 0 Å². The zero-order chi connectivity index (χ0) is 15.5. The van der Waals surface area contributed by atoms with Crippen LogP contribution in [0.2, 0.25) is 0 Å². The maximum Gasteiger partial charge on any atom is 0.240 e. The summed E-state index contributed by atoms with van der Waals surface area (Å²) in [6.07, 6.45) is 0.248. The van der Waals surface area contributed by atoms with Crippen LogP contribution in [0.5, 0.6) is 0 Å². The lowest BCUT2D eigenvalue weighted by Crippen LogP contribution is -2.47. The Morgan fingerprint density at radius 2 is 2.00 bits per heavy atom. The quantitative estimate of drug-likeness (QED) is 0.803. The van der Waals surface area contributed by atoms with Crippen LogP contribution in [-0.2, 0) is 14.4 Å². The van der Waals surface area contributed by atoms with Gasteiger partial charge in [0.1, 0.15) is 0 Å². The SMILES string of the molecule is CCN1C[C@H](C(=O)N(C)CC(=O)NC(C)(C)C)CC1=O. The molecule has 1 saturated heterocycles. The van der Waals surface area contributed by atoms with E-state index >= 15 is 0 Å². The molecule has 6 nitrogen and oxygen atoms in total. The molecule has 1 aliphatic rings. The van der Waals surface area contributed by atoms with Crippen molar-refractivity contribution in [3.8, 4) is 0 Å². The number of carbonyl (C=O) groups is 3. The predicted octanol–water partition coefficient (Wildman–Crippen LogP) is 0.228. The molecule has 1 heterocycles. The Morgan fingerprint density at radius 1 is 1.40 bits per heavy atom. The summed E-state index contributed by atoms with van der Waals surface area (Å²) in [7, 11) is 1.60. The number of hydrogen-bond donors (Lipinski definition) is 1. The molecule has 0 aromatic carbocycles. The highest BCUT2D eigenvalue weighted by atomic mass is 16.2. The van der Waals surface area contributed by atoms with Crippen molar-refractivity contribution in [2.24, 2.45) is 5.92 Å². The summed E-state index contributed by atoms with van der Waals surface area (Å²) >= 11 is 0. The predicted molar refractivity (Wildman–Crippen MR) is 75.9 cm³/mol. The van der Waals surface area contributed by atoms with E-state index in [0.717, 1.165) is 0 Å². The third kappa shape index (κ3) is 4.51. The van der Waals surface area contributed by atoms with Crippen molar-refractivity contribution in [1.82, 2.24) is 15.1 Å². The molecule has 3 amide bonds. The van der Waals surface area contributed by atoms with Gasteiger partial charge in [-0.25, -0.2) is 0 Å². The largest absolute Gasteiger partial charge is 0.350 e. The Hall–Kier alpha value is -1.59. The first-order valence-corrected chi connectivity index (χ1v) is 6.97. The number of nitrogens with zero attached hydrogens (tertiary/aromatic N) is 2. The van der Waals surface area contributed by atoms with E-state index < -0.39 is 0 Å². The lowest BCUT2D eigenvalue weighted by molar-refractivity contribution is -0.138. The molecule has 20 heavy (non-hydrogen) atoms. The van der Waals surface area contributed by atoms with Gasteiger partial charge in [-0.2, -0.15) is 0 Å². The second-order valence-corrected chi connectivity index (χ2v) is 6.33. The van der Waals surface area contributed by atoms with Crippen molar-refractivity contribution in [3.63, 3.8) is 0 Å². The minimum atomic E-state index is -0.324. The van der Waals surface area contributed by atoms with Crippen molar-refractivity contribution < 1.29 is 14.4 Å². The summed E-state index contributed by atoms with van der Waals surface area (Å²) < 4.78 is 0. The van der Waals surface area contributed by atoms with E-state index in [4.69, 9.17) is 0 Å². The Bertz CT molecular complexity index is 401. The van der Waals surface area contributed by atoms with Crippen LogP contribution in [0.4, 0.5) is 0 Å². The van der Waals surface area contributed by atoms with Crippen LogP contribution in [0.25, 0.3) is 0 Å². The Labute approximate surface area is 120 Å². The van der Waals surface area contributed by atoms with E-state index in [1.165, 1.54) is 4.90 Å². The summed E-state index contributed by atoms with van der Waals surface area (Å²) in [5.41, 5.74) is -0.316. The Balaban J connectivity index is 2.52. The van der Waals surface area contributed by atoms with Crippen LogP contribution < -0.4 is 5.32 Å². The highest BCUT2D eigenvalue weighted by Gasteiger charge is 2.35. The molecule has 1 fully saturated rings. The van der Waals surface area contributed by atoms with Crippen LogP contribution in [0.15, 0.2) is 0 Å². The molecule has 0 saturated carbocycles. The van der Waals surface area contributed by atoms with Gasteiger partial charge in [0.2, 0.25) is 17.7 Å². The van der Waals surface area contributed by atoms with Crippen molar-refractivity contribution in [2.45, 2.75) is 39.7 Å². The minimum Gasteiger partial charge on any atom is -0.350 e. The standard InChI is InChI=1S/C14H25N3O3/c1-6-17-8-10(7-12(17)19)13(20)16(5)9-11(18)15-14(2,3)4/h10H,6-9H2,1-5H3,(H,15,18)/t10-/m1/s1. The molecule has 114 valence electrons.